The number of hydrogen-bond acceptors (Lipinski definition) is 5. The van der Waals surface area contributed by atoms with Crippen molar-refractivity contribution in [2.75, 3.05) is 5.73 Å². The lowest BCUT2D eigenvalue weighted by Gasteiger charge is -2.33. The van der Waals surface area contributed by atoms with Crippen LogP contribution in [0.3, 0.4) is 0 Å². The molecule has 0 aromatic carbocycles. The van der Waals surface area contributed by atoms with Crippen molar-refractivity contribution in [3.05, 3.63) is 16.8 Å². The van der Waals surface area contributed by atoms with Crippen LogP contribution in [0.25, 0.3) is 11.2 Å². The number of nitrogens with two attached hydrogens (primary N) is 1. The third kappa shape index (κ3) is 3.56. The van der Waals surface area contributed by atoms with Gasteiger partial charge in [0.05, 0.1) is 12.4 Å². The predicted molar refractivity (Wildman–Crippen MR) is 98.1 cm³/mol. The number of ether oxygens (including phenoxy) is 1. The van der Waals surface area contributed by atoms with Crippen molar-refractivity contribution in [1.29, 1.82) is 0 Å². The molecule has 1 unspecified atom stereocenters. The number of nitrogens with one attached hydrogen (secondary N) is 1. The third-order valence-electron chi connectivity index (χ3n) is 4.96. The maximum absolute atomic E-state index is 11.7. The largest absolute Gasteiger partial charge is 0.382 e. The van der Waals surface area contributed by atoms with Gasteiger partial charge in [0.15, 0.2) is 5.82 Å². The zero-order chi connectivity index (χ0) is 18.6. The van der Waals surface area contributed by atoms with Crippen LogP contribution >= 0.6 is 0 Å². The summed E-state index contributed by atoms with van der Waals surface area (Å²) in [5, 5.41) is 0. The minimum atomic E-state index is -0.469. The average molecular weight is 347 g/mol. The Morgan fingerprint density at radius 2 is 2.00 bits per heavy atom. The van der Waals surface area contributed by atoms with Gasteiger partial charge < -0.3 is 10.5 Å². The van der Waals surface area contributed by atoms with Gasteiger partial charge in [0.25, 0.3) is 0 Å². The van der Waals surface area contributed by atoms with Gasteiger partial charge in [0.2, 0.25) is 0 Å². The SMILES string of the molecule is CC(C)(C)CC1O[C@@H](n2cnc3c(N)nc(=O)[nH]c32)C[C@H]1C(C)(C)C. The fourth-order valence-corrected chi connectivity index (χ4v) is 3.79. The summed E-state index contributed by atoms with van der Waals surface area (Å²) < 4.78 is 8.33. The summed E-state index contributed by atoms with van der Waals surface area (Å²) in [6.45, 7) is 13.5. The highest BCUT2D eigenvalue weighted by molar-refractivity contribution is 5.81. The minimum Gasteiger partial charge on any atom is -0.382 e. The molecule has 2 aromatic heterocycles. The van der Waals surface area contributed by atoms with Crippen LogP contribution in [0.1, 0.15) is 60.6 Å². The second kappa shape index (κ2) is 5.83. The molecule has 0 aliphatic carbocycles. The molecular formula is C18H29N5O2. The Kier molecular flexibility index (Phi) is 4.18. The summed E-state index contributed by atoms with van der Waals surface area (Å²) >= 11 is 0. The van der Waals surface area contributed by atoms with Crippen LogP contribution in [0.4, 0.5) is 5.82 Å². The average Bonchev–Trinajstić information content (AvgIpc) is 2.99. The van der Waals surface area contributed by atoms with Gasteiger partial charge in [0, 0.05) is 0 Å². The minimum absolute atomic E-state index is 0.134. The van der Waals surface area contributed by atoms with Gasteiger partial charge in [-0.1, -0.05) is 41.5 Å². The van der Waals surface area contributed by atoms with Gasteiger partial charge in [-0.2, -0.15) is 4.98 Å². The van der Waals surface area contributed by atoms with E-state index in [0.29, 0.717) is 17.1 Å². The number of aromatic amines is 1. The van der Waals surface area contributed by atoms with Crippen molar-refractivity contribution in [2.45, 2.75) is 66.7 Å². The smallest absolute Gasteiger partial charge is 0.348 e. The van der Waals surface area contributed by atoms with Crippen molar-refractivity contribution < 1.29 is 4.74 Å². The molecular weight excluding hydrogens is 318 g/mol. The van der Waals surface area contributed by atoms with Crippen molar-refractivity contribution >= 4 is 17.0 Å². The predicted octanol–water partition coefficient (Wildman–Crippen LogP) is 3.09. The van der Waals surface area contributed by atoms with Crippen molar-refractivity contribution in [2.24, 2.45) is 16.7 Å². The molecule has 138 valence electrons. The molecule has 7 heteroatoms. The van der Waals surface area contributed by atoms with Crippen LogP contribution < -0.4 is 11.4 Å². The molecule has 3 atom stereocenters. The van der Waals surface area contributed by atoms with Gasteiger partial charge in [-0.25, -0.2) is 9.78 Å². The summed E-state index contributed by atoms with van der Waals surface area (Å²) in [6.07, 6.45) is 3.54. The van der Waals surface area contributed by atoms with E-state index in [1.807, 2.05) is 4.57 Å². The number of H-pyrrole nitrogens is 1. The Morgan fingerprint density at radius 3 is 2.60 bits per heavy atom. The second-order valence-corrected chi connectivity index (χ2v) is 9.38. The molecule has 2 aromatic rings. The first-order valence-electron chi connectivity index (χ1n) is 8.83. The summed E-state index contributed by atoms with van der Waals surface area (Å²) in [5.74, 6) is 0.564. The van der Waals surface area contributed by atoms with Crippen LogP contribution in [0.5, 0.6) is 0 Å². The number of nitrogen functional groups attached to an aromatic ring is 1. The molecule has 3 heterocycles. The lowest BCUT2D eigenvalue weighted by Crippen LogP contribution is -2.31. The van der Waals surface area contributed by atoms with Gasteiger partial charge in [-0.3, -0.25) is 9.55 Å². The molecule has 3 rings (SSSR count). The molecule has 3 N–H and O–H groups in total. The summed E-state index contributed by atoms with van der Waals surface area (Å²) in [7, 11) is 0. The summed E-state index contributed by atoms with van der Waals surface area (Å²) in [5.41, 5.74) is 6.76. The topological polar surface area (TPSA) is 98.8 Å². The van der Waals surface area contributed by atoms with Crippen LogP contribution in [0.2, 0.25) is 0 Å². The van der Waals surface area contributed by atoms with E-state index in [1.54, 1.807) is 6.33 Å². The van der Waals surface area contributed by atoms with E-state index in [0.717, 1.165) is 12.8 Å². The standard InChI is InChI=1S/C18H29N5O2/c1-17(2,3)8-11-10(18(4,5)6)7-12(25-11)23-9-20-13-14(19)21-16(24)22-15(13)23/h9-12H,7-8H2,1-6H3,(H3,19,21,22,24)/t10-,11?,12-/m1/s1. The number of anilines is 1. The fraction of sp³-hybridized carbons (Fsp3) is 0.722. The highest BCUT2D eigenvalue weighted by atomic mass is 16.5. The third-order valence-corrected chi connectivity index (χ3v) is 4.96. The zero-order valence-corrected chi connectivity index (χ0v) is 16.0. The maximum Gasteiger partial charge on any atom is 0.348 e. The summed E-state index contributed by atoms with van der Waals surface area (Å²) in [6, 6.07) is 0. The molecule has 1 fully saturated rings. The van der Waals surface area contributed by atoms with Crippen molar-refractivity contribution in [3.8, 4) is 0 Å². The Bertz CT molecular complexity index is 825. The molecule has 0 spiro atoms. The summed E-state index contributed by atoms with van der Waals surface area (Å²) in [4.78, 5) is 22.5. The molecule has 0 radical (unpaired) electrons. The lowest BCUT2D eigenvalue weighted by molar-refractivity contribution is -0.0309. The van der Waals surface area contributed by atoms with E-state index < -0.39 is 5.69 Å². The van der Waals surface area contributed by atoms with Crippen molar-refractivity contribution in [1.82, 2.24) is 19.5 Å². The Labute approximate surface area is 148 Å². The van der Waals surface area contributed by atoms with Gasteiger partial charge in [0.1, 0.15) is 17.4 Å². The Hall–Kier alpha value is -1.89. The Morgan fingerprint density at radius 1 is 1.32 bits per heavy atom. The maximum atomic E-state index is 11.7. The zero-order valence-electron chi connectivity index (χ0n) is 16.0. The molecule has 25 heavy (non-hydrogen) atoms. The number of rotatable bonds is 2. The highest BCUT2D eigenvalue weighted by Gasteiger charge is 2.44. The molecule has 0 saturated carbocycles. The van der Waals surface area contributed by atoms with Crippen LogP contribution in [0, 0.1) is 16.7 Å². The fourth-order valence-electron chi connectivity index (χ4n) is 3.79. The molecule has 1 saturated heterocycles. The van der Waals surface area contributed by atoms with Gasteiger partial charge in [-0.15, -0.1) is 0 Å². The number of fused-ring (bicyclic) bond motifs is 1. The first kappa shape index (κ1) is 17.9. The lowest BCUT2D eigenvalue weighted by atomic mass is 9.73. The van der Waals surface area contributed by atoms with E-state index in [1.165, 1.54) is 0 Å². The van der Waals surface area contributed by atoms with E-state index in [-0.39, 0.29) is 29.0 Å². The van der Waals surface area contributed by atoms with E-state index >= 15 is 0 Å². The van der Waals surface area contributed by atoms with E-state index in [4.69, 9.17) is 10.5 Å². The van der Waals surface area contributed by atoms with E-state index in [2.05, 4.69) is 56.5 Å². The number of hydrogen-bond donors (Lipinski definition) is 2. The first-order valence-corrected chi connectivity index (χ1v) is 8.83. The monoisotopic (exact) mass is 347 g/mol. The van der Waals surface area contributed by atoms with Crippen LogP contribution in [0.15, 0.2) is 11.1 Å². The molecule has 1 aliphatic rings. The molecule has 0 bridgehead atoms. The second-order valence-electron chi connectivity index (χ2n) is 9.38. The van der Waals surface area contributed by atoms with Crippen LogP contribution in [-0.4, -0.2) is 25.6 Å². The number of aromatic nitrogens is 4. The number of imidazole rings is 1. The molecule has 7 nitrogen and oxygen atoms in total. The quantitative estimate of drug-likeness (QED) is 0.870. The first-order chi connectivity index (χ1) is 11.5. The van der Waals surface area contributed by atoms with Gasteiger partial charge >= 0.3 is 5.69 Å². The Balaban J connectivity index is 1.98. The van der Waals surface area contributed by atoms with E-state index in [9.17, 15) is 4.79 Å². The number of nitrogens with zero attached hydrogens (tertiary/aromatic N) is 3. The van der Waals surface area contributed by atoms with Crippen molar-refractivity contribution in [3.63, 3.8) is 0 Å². The van der Waals surface area contributed by atoms with Gasteiger partial charge in [-0.05, 0) is 29.6 Å². The highest BCUT2D eigenvalue weighted by Crippen LogP contribution is 2.47. The molecule has 0 amide bonds. The normalized spacial score (nSPS) is 25.0. The molecule has 1 aliphatic heterocycles. The van der Waals surface area contributed by atoms with Crippen LogP contribution in [-0.2, 0) is 4.74 Å².